The van der Waals surface area contributed by atoms with Crippen LogP contribution in [0.3, 0.4) is 0 Å². The lowest BCUT2D eigenvalue weighted by Gasteiger charge is -2.06. The summed E-state index contributed by atoms with van der Waals surface area (Å²) in [4.78, 5) is 18.2. The number of fused-ring (bicyclic) bond motifs is 1. The van der Waals surface area contributed by atoms with Gasteiger partial charge in [-0.15, -0.1) is 0 Å². The van der Waals surface area contributed by atoms with Crippen LogP contribution in [0, 0.1) is 0 Å². The van der Waals surface area contributed by atoms with Crippen LogP contribution in [0.2, 0.25) is 5.02 Å². The van der Waals surface area contributed by atoms with Gasteiger partial charge in [-0.05, 0) is 48.4 Å². The van der Waals surface area contributed by atoms with Crippen molar-refractivity contribution in [2.24, 2.45) is 0 Å². The summed E-state index contributed by atoms with van der Waals surface area (Å²) in [5, 5.41) is 19.0. The Morgan fingerprint density at radius 1 is 0.962 bits per heavy atom. The van der Waals surface area contributed by atoms with Crippen molar-refractivity contribution in [1.29, 1.82) is 0 Å². The predicted octanol–water partition coefficient (Wildman–Crippen LogP) is 2.56. The molecule has 26 heavy (non-hydrogen) atoms. The molecule has 3 N–H and O–H groups in total. The lowest BCUT2D eigenvalue weighted by molar-refractivity contribution is -0.159. The van der Waals surface area contributed by atoms with Crippen molar-refractivity contribution in [3.63, 3.8) is 0 Å². The Morgan fingerprint density at radius 2 is 1.58 bits per heavy atom. The van der Waals surface area contributed by atoms with Crippen LogP contribution in [-0.4, -0.2) is 35.5 Å². The van der Waals surface area contributed by atoms with Gasteiger partial charge >= 0.3 is 11.9 Å². The Kier molecular flexibility index (Phi) is 7.25. The largest absolute Gasteiger partial charge is 0.473 e. The molecule has 0 unspecified atom stereocenters. The maximum Gasteiger partial charge on any atom is 0.414 e. The van der Waals surface area contributed by atoms with Gasteiger partial charge in [0.25, 0.3) is 0 Å². The lowest BCUT2D eigenvalue weighted by Crippen LogP contribution is -2.16. The molecule has 0 bridgehead atoms. The van der Waals surface area contributed by atoms with Crippen molar-refractivity contribution >= 4 is 23.5 Å². The molecule has 3 rings (SSSR count). The van der Waals surface area contributed by atoms with Gasteiger partial charge in [0.1, 0.15) is 0 Å². The molecular weight excluding hydrogens is 362 g/mol. The van der Waals surface area contributed by atoms with Crippen LogP contribution in [0.25, 0.3) is 0 Å². The number of halogens is 1. The number of hydrogen-bond acceptors (Lipinski definition) is 5. The number of benzene rings is 2. The zero-order valence-corrected chi connectivity index (χ0v) is 14.5. The SMILES string of the molecule is Clc1ccc(CCNCc2ccc3c(c2)OCO3)cc1.O=C(O)C(=O)O. The average molecular weight is 380 g/mol. The molecule has 1 aliphatic heterocycles. The minimum atomic E-state index is -1.82. The first-order valence-electron chi connectivity index (χ1n) is 7.75. The molecule has 0 fully saturated rings. The first kappa shape index (κ1) is 19.6. The van der Waals surface area contributed by atoms with Gasteiger partial charge in [0.2, 0.25) is 6.79 Å². The van der Waals surface area contributed by atoms with E-state index in [0.717, 1.165) is 36.0 Å². The molecule has 0 saturated heterocycles. The summed E-state index contributed by atoms with van der Waals surface area (Å²) in [5.74, 6) is -1.98. The van der Waals surface area contributed by atoms with Gasteiger partial charge in [0, 0.05) is 11.6 Å². The molecule has 0 spiro atoms. The monoisotopic (exact) mass is 379 g/mol. The smallest absolute Gasteiger partial charge is 0.414 e. The average Bonchev–Trinajstić information content (AvgIpc) is 3.08. The molecule has 0 aliphatic carbocycles. The summed E-state index contributed by atoms with van der Waals surface area (Å²) in [7, 11) is 0. The number of nitrogens with one attached hydrogen (secondary N) is 1. The van der Waals surface area contributed by atoms with E-state index in [1.165, 1.54) is 11.1 Å². The topological polar surface area (TPSA) is 105 Å². The van der Waals surface area contributed by atoms with Crippen LogP contribution in [0.5, 0.6) is 11.5 Å². The fourth-order valence-electron chi connectivity index (χ4n) is 2.17. The minimum Gasteiger partial charge on any atom is -0.473 e. The third-order valence-corrected chi connectivity index (χ3v) is 3.70. The molecule has 8 heteroatoms. The second-order valence-electron chi connectivity index (χ2n) is 5.35. The Balaban J connectivity index is 0.000000352. The molecule has 1 heterocycles. The van der Waals surface area contributed by atoms with E-state index in [1.807, 2.05) is 24.3 Å². The normalized spacial score (nSPS) is 11.4. The van der Waals surface area contributed by atoms with Crippen LogP contribution in [0.4, 0.5) is 0 Å². The Labute approximate surface area is 155 Å². The number of carboxylic acid groups (broad SMARTS) is 2. The van der Waals surface area contributed by atoms with Crippen molar-refractivity contribution in [1.82, 2.24) is 5.32 Å². The first-order chi connectivity index (χ1) is 12.5. The highest BCUT2D eigenvalue weighted by molar-refractivity contribution is 6.30. The zero-order valence-electron chi connectivity index (χ0n) is 13.8. The van der Waals surface area contributed by atoms with Crippen LogP contribution in [0.1, 0.15) is 11.1 Å². The van der Waals surface area contributed by atoms with E-state index < -0.39 is 11.9 Å². The number of carbonyl (C=O) groups is 2. The molecule has 0 atom stereocenters. The van der Waals surface area contributed by atoms with E-state index in [1.54, 1.807) is 0 Å². The fraction of sp³-hybridized carbons (Fsp3) is 0.222. The molecule has 138 valence electrons. The molecule has 0 saturated carbocycles. The van der Waals surface area contributed by atoms with Crippen molar-refractivity contribution in [3.05, 3.63) is 58.6 Å². The summed E-state index contributed by atoms with van der Waals surface area (Å²) in [6.45, 7) is 2.07. The highest BCUT2D eigenvalue weighted by Crippen LogP contribution is 2.32. The summed E-state index contributed by atoms with van der Waals surface area (Å²) in [5.41, 5.74) is 2.48. The van der Waals surface area contributed by atoms with Gasteiger partial charge in [-0.1, -0.05) is 29.8 Å². The van der Waals surface area contributed by atoms with Gasteiger partial charge in [0.15, 0.2) is 11.5 Å². The third kappa shape index (κ3) is 6.27. The number of aliphatic carboxylic acids is 2. The van der Waals surface area contributed by atoms with E-state index >= 15 is 0 Å². The van der Waals surface area contributed by atoms with Gasteiger partial charge in [-0.25, -0.2) is 9.59 Å². The Morgan fingerprint density at radius 3 is 2.23 bits per heavy atom. The number of ether oxygens (including phenoxy) is 2. The second-order valence-corrected chi connectivity index (χ2v) is 5.79. The number of hydrogen-bond donors (Lipinski definition) is 3. The molecule has 0 radical (unpaired) electrons. The number of rotatable bonds is 5. The molecule has 0 aromatic heterocycles. The van der Waals surface area contributed by atoms with Crippen LogP contribution < -0.4 is 14.8 Å². The third-order valence-electron chi connectivity index (χ3n) is 3.45. The molecule has 2 aromatic rings. The summed E-state index contributed by atoms with van der Waals surface area (Å²) >= 11 is 5.86. The first-order valence-corrected chi connectivity index (χ1v) is 8.13. The molecule has 2 aromatic carbocycles. The lowest BCUT2D eigenvalue weighted by atomic mass is 10.1. The van der Waals surface area contributed by atoms with Gasteiger partial charge in [-0.3, -0.25) is 0 Å². The molecule has 0 amide bonds. The molecule has 1 aliphatic rings. The van der Waals surface area contributed by atoms with E-state index in [4.69, 9.17) is 40.9 Å². The quantitative estimate of drug-likeness (QED) is 0.541. The minimum absolute atomic E-state index is 0.322. The molecule has 7 nitrogen and oxygen atoms in total. The maximum absolute atomic E-state index is 9.10. The van der Waals surface area contributed by atoms with E-state index in [0.29, 0.717) is 6.79 Å². The van der Waals surface area contributed by atoms with Crippen LogP contribution in [-0.2, 0) is 22.6 Å². The van der Waals surface area contributed by atoms with Crippen LogP contribution >= 0.6 is 11.6 Å². The van der Waals surface area contributed by atoms with E-state index in [9.17, 15) is 0 Å². The highest BCUT2D eigenvalue weighted by atomic mass is 35.5. The number of carboxylic acids is 2. The van der Waals surface area contributed by atoms with Crippen molar-refractivity contribution in [2.75, 3.05) is 13.3 Å². The Hall–Kier alpha value is -2.77. The van der Waals surface area contributed by atoms with E-state index in [-0.39, 0.29) is 0 Å². The van der Waals surface area contributed by atoms with Gasteiger partial charge in [-0.2, -0.15) is 0 Å². The van der Waals surface area contributed by atoms with Gasteiger partial charge in [0.05, 0.1) is 0 Å². The molecular formula is C18H18ClNO6. The standard InChI is InChI=1S/C16H16ClNO2.C2H2O4/c17-14-4-1-12(2-5-14)7-8-18-10-13-3-6-15-16(9-13)20-11-19-15;3-1(4)2(5)6/h1-6,9,18H,7-8,10-11H2;(H,3,4)(H,5,6). The predicted molar refractivity (Wildman–Crippen MR) is 94.7 cm³/mol. The highest BCUT2D eigenvalue weighted by Gasteiger charge is 2.12. The zero-order chi connectivity index (χ0) is 18.9. The summed E-state index contributed by atoms with van der Waals surface area (Å²) in [6, 6.07) is 14.0. The van der Waals surface area contributed by atoms with Gasteiger partial charge < -0.3 is 25.0 Å². The summed E-state index contributed by atoms with van der Waals surface area (Å²) < 4.78 is 10.7. The van der Waals surface area contributed by atoms with Crippen molar-refractivity contribution < 1.29 is 29.3 Å². The Bertz CT molecular complexity index is 751. The summed E-state index contributed by atoms with van der Waals surface area (Å²) in [6.07, 6.45) is 0.988. The van der Waals surface area contributed by atoms with E-state index in [2.05, 4.69) is 23.5 Å². The maximum atomic E-state index is 9.10. The van der Waals surface area contributed by atoms with Crippen molar-refractivity contribution in [2.45, 2.75) is 13.0 Å². The van der Waals surface area contributed by atoms with Crippen molar-refractivity contribution in [3.8, 4) is 11.5 Å². The fourth-order valence-corrected chi connectivity index (χ4v) is 2.29. The van der Waals surface area contributed by atoms with Crippen LogP contribution in [0.15, 0.2) is 42.5 Å². The second kappa shape index (κ2) is 9.65.